The minimum Gasteiger partial charge on any atom is -0.350 e. The number of thiophene rings is 1. The molecule has 0 aliphatic carbocycles. The largest absolute Gasteiger partial charge is 0.350 e. The van der Waals surface area contributed by atoms with Crippen molar-refractivity contribution in [3.05, 3.63) is 211 Å². The predicted octanol–water partition coefficient (Wildman–Crippen LogP) is 12.8. The van der Waals surface area contributed by atoms with Crippen LogP contribution in [-0.2, 0) is 0 Å². The van der Waals surface area contributed by atoms with Gasteiger partial charge in [-0.1, -0.05) is 158 Å². The molecule has 0 amide bonds. The molecule has 0 radical (unpaired) electrons. The molecule has 0 spiro atoms. The lowest BCUT2D eigenvalue weighted by molar-refractivity contribution is 0.409. The van der Waals surface area contributed by atoms with Crippen molar-refractivity contribution in [3.63, 3.8) is 0 Å². The van der Waals surface area contributed by atoms with Gasteiger partial charge in [-0.25, -0.2) is 4.99 Å². The highest BCUT2D eigenvalue weighted by Crippen LogP contribution is 2.42. The molecule has 2 atom stereocenters. The lowest BCUT2D eigenvalue weighted by Crippen LogP contribution is -2.44. The molecule has 5 heteroatoms. The number of rotatable bonds is 6. The van der Waals surface area contributed by atoms with Crippen LogP contribution in [0.1, 0.15) is 29.0 Å². The Morgan fingerprint density at radius 1 is 0.464 bits per heavy atom. The zero-order valence-corrected chi connectivity index (χ0v) is 31.2. The van der Waals surface area contributed by atoms with Crippen LogP contribution in [0.15, 0.2) is 199 Å². The number of nitrogens with zero attached hydrogens (tertiary/aromatic N) is 2. The van der Waals surface area contributed by atoms with E-state index in [9.17, 15) is 0 Å². The molecule has 2 aromatic heterocycles. The van der Waals surface area contributed by atoms with Crippen molar-refractivity contribution in [3.8, 4) is 27.9 Å². The molecule has 0 fully saturated rings. The van der Waals surface area contributed by atoms with Gasteiger partial charge in [0.1, 0.15) is 18.2 Å². The van der Waals surface area contributed by atoms with Crippen LogP contribution in [0.3, 0.4) is 0 Å². The number of hydrogen-bond acceptors (Lipinski definition) is 4. The normalized spacial score (nSPS) is 15.7. The van der Waals surface area contributed by atoms with Gasteiger partial charge in [-0.05, 0) is 69.8 Å². The van der Waals surface area contributed by atoms with Crippen LogP contribution in [0.25, 0.3) is 69.9 Å². The Kier molecular flexibility index (Phi) is 7.87. The summed E-state index contributed by atoms with van der Waals surface area (Å²) in [4.78, 5) is 5.20. The molecule has 2 unspecified atom stereocenters. The molecular weight excluding hydrogens is 701 g/mol. The SMILES string of the molecule is c1ccc(C2=NC(c3ccc(-n4c5ccc(-c6ccccc6)cc5c5ccc(-c6cccc7c6sc6ccccc67)cc54)cc3)NC(c3ccccc3)N2)cc1. The van der Waals surface area contributed by atoms with Crippen LogP contribution in [0.5, 0.6) is 0 Å². The Hall–Kier alpha value is -6.79. The zero-order valence-electron chi connectivity index (χ0n) is 30.4. The first kappa shape index (κ1) is 32.6. The third kappa shape index (κ3) is 5.60. The quantitative estimate of drug-likeness (QED) is 0.178. The van der Waals surface area contributed by atoms with Crippen LogP contribution in [-0.4, -0.2) is 10.4 Å². The van der Waals surface area contributed by atoms with Crippen molar-refractivity contribution in [1.29, 1.82) is 0 Å². The number of benzene rings is 8. The average Bonchev–Trinajstić information content (AvgIpc) is 3.82. The molecular formula is C51H36N4S. The molecule has 2 N–H and O–H groups in total. The van der Waals surface area contributed by atoms with Crippen LogP contribution in [0.2, 0.25) is 0 Å². The van der Waals surface area contributed by atoms with E-state index in [0.717, 1.165) is 22.6 Å². The van der Waals surface area contributed by atoms with Crippen molar-refractivity contribution >= 4 is 59.2 Å². The molecule has 8 aromatic carbocycles. The molecule has 0 saturated heterocycles. The van der Waals surface area contributed by atoms with E-state index in [1.54, 1.807) is 0 Å². The maximum absolute atomic E-state index is 5.20. The highest BCUT2D eigenvalue weighted by molar-refractivity contribution is 7.26. The summed E-state index contributed by atoms with van der Waals surface area (Å²) in [6, 6.07) is 69.9. The average molecular weight is 737 g/mol. The second-order valence-electron chi connectivity index (χ2n) is 14.4. The first-order valence-electron chi connectivity index (χ1n) is 19.1. The topological polar surface area (TPSA) is 41.4 Å². The highest BCUT2D eigenvalue weighted by atomic mass is 32.1. The van der Waals surface area contributed by atoms with E-state index in [0.29, 0.717) is 0 Å². The van der Waals surface area contributed by atoms with Crippen molar-refractivity contribution in [2.45, 2.75) is 12.3 Å². The zero-order chi connectivity index (χ0) is 37.0. The Labute approximate surface area is 329 Å². The summed E-state index contributed by atoms with van der Waals surface area (Å²) in [5.74, 6) is 0.880. The van der Waals surface area contributed by atoms with Gasteiger partial charge in [0.05, 0.1) is 11.0 Å². The number of hydrogen-bond donors (Lipinski definition) is 2. The van der Waals surface area contributed by atoms with Crippen LogP contribution in [0.4, 0.5) is 0 Å². The van der Waals surface area contributed by atoms with Crippen LogP contribution < -0.4 is 10.6 Å². The molecule has 1 aliphatic heterocycles. The van der Waals surface area contributed by atoms with Crippen molar-refractivity contribution in [1.82, 2.24) is 15.2 Å². The molecule has 0 saturated carbocycles. The van der Waals surface area contributed by atoms with Gasteiger partial charge in [-0.2, -0.15) is 0 Å². The summed E-state index contributed by atoms with van der Waals surface area (Å²) in [7, 11) is 0. The van der Waals surface area contributed by atoms with Gasteiger partial charge in [-0.15, -0.1) is 11.3 Å². The van der Waals surface area contributed by atoms with Crippen LogP contribution >= 0.6 is 11.3 Å². The Morgan fingerprint density at radius 3 is 1.96 bits per heavy atom. The Bertz CT molecular complexity index is 3070. The minimum atomic E-state index is -0.231. The van der Waals surface area contributed by atoms with Crippen molar-refractivity contribution in [2.75, 3.05) is 0 Å². The Morgan fingerprint density at radius 2 is 1.16 bits per heavy atom. The summed E-state index contributed by atoms with van der Waals surface area (Å²) in [5.41, 5.74) is 11.7. The standard InChI is InChI=1S/C51H36N4S/c1-4-13-33(14-5-1)37-26-30-45-44(31-37)41-29-25-38(40-20-12-21-43-42-19-10-11-22-47(42)56-48(40)43)32-46(41)55(45)39-27-23-36(24-28-39)51-53-49(34-15-6-2-7-16-34)52-50(54-51)35-17-8-3-9-18-35/h1-32,49,51,53H,(H,52,54). The van der Waals surface area contributed by atoms with E-state index in [1.165, 1.54) is 69.8 Å². The van der Waals surface area contributed by atoms with Gasteiger partial charge >= 0.3 is 0 Å². The maximum Gasteiger partial charge on any atom is 0.131 e. The predicted molar refractivity (Wildman–Crippen MR) is 236 cm³/mol. The molecule has 266 valence electrons. The molecule has 3 heterocycles. The number of aliphatic imine (C=N–C) groups is 1. The third-order valence-electron chi connectivity index (χ3n) is 11.1. The van der Waals surface area contributed by atoms with Gasteiger partial charge in [0.25, 0.3) is 0 Å². The number of aromatic nitrogens is 1. The molecule has 56 heavy (non-hydrogen) atoms. The lowest BCUT2D eigenvalue weighted by atomic mass is 10.00. The van der Waals surface area contributed by atoms with Gasteiger partial charge in [0, 0.05) is 42.2 Å². The summed E-state index contributed by atoms with van der Waals surface area (Å²) in [5, 5.41) is 12.5. The number of amidine groups is 1. The summed E-state index contributed by atoms with van der Waals surface area (Å²) >= 11 is 1.88. The van der Waals surface area contributed by atoms with Gasteiger partial charge in [0.15, 0.2) is 0 Å². The van der Waals surface area contributed by atoms with Crippen LogP contribution in [0, 0.1) is 0 Å². The third-order valence-corrected chi connectivity index (χ3v) is 12.3. The summed E-state index contributed by atoms with van der Waals surface area (Å²) in [6.45, 7) is 0. The number of fused-ring (bicyclic) bond motifs is 6. The second kappa shape index (κ2) is 13.5. The minimum absolute atomic E-state index is 0.0893. The van der Waals surface area contributed by atoms with Gasteiger partial charge in [0.2, 0.25) is 0 Å². The van der Waals surface area contributed by atoms with E-state index >= 15 is 0 Å². The smallest absolute Gasteiger partial charge is 0.131 e. The first-order valence-corrected chi connectivity index (χ1v) is 19.9. The number of nitrogens with one attached hydrogen (secondary N) is 2. The molecule has 1 aliphatic rings. The first-order chi connectivity index (χ1) is 27.7. The van der Waals surface area contributed by atoms with Gasteiger partial charge in [-0.3, -0.25) is 5.32 Å². The highest BCUT2D eigenvalue weighted by Gasteiger charge is 2.25. The monoisotopic (exact) mass is 736 g/mol. The van der Waals surface area contributed by atoms with Crippen molar-refractivity contribution in [2.24, 2.45) is 4.99 Å². The van der Waals surface area contributed by atoms with Gasteiger partial charge < -0.3 is 9.88 Å². The van der Waals surface area contributed by atoms with E-state index in [2.05, 4.69) is 203 Å². The molecule has 0 bridgehead atoms. The van der Waals surface area contributed by atoms with E-state index in [1.807, 2.05) is 17.4 Å². The van der Waals surface area contributed by atoms with E-state index < -0.39 is 0 Å². The summed E-state index contributed by atoms with van der Waals surface area (Å²) in [6.07, 6.45) is -0.320. The van der Waals surface area contributed by atoms with E-state index in [-0.39, 0.29) is 12.3 Å². The fourth-order valence-corrected chi connectivity index (χ4v) is 9.58. The summed E-state index contributed by atoms with van der Waals surface area (Å²) < 4.78 is 5.07. The fraction of sp³-hybridized carbons (Fsp3) is 0.0392. The van der Waals surface area contributed by atoms with Crippen molar-refractivity contribution < 1.29 is 0 Å². The fourth-order valence-electron chi connectivity index (χ4n) is 8.35. The Balaban J connectivity index is 1.05. The maximum atomic E-state index is 5.20. The molecule has 11 rings (SSSR count). The van der Waals surface area contributed by atoms with E-state index in [4.69, 9.17) is 4.99 Å². The lowest BCUT2D eigenvalue weighted by Gasteiger charge is -2.32. The molecule has 4 nitrogen and oxygen atoms in total. The second-order valence-corrected chi connectivity index (χ2v) is 15.5. The molecule has 10 aromatic rings.